The molecule has 0 spiro atoms. The van der Waals surface area contributed by atoms with E-state index in [1.165, 1.54) is 18.1 Å². The minimum atomic E-state index is -1.06. The molecular weight excluding hydrogens is 452 g/mol. The van der Waals surface area contributed by atoms with Crippen molar-refractivity contribution in [3.8, 4) is 23.0 Å². The molecule has 0 fully saturated rings. The molecule has 0 saturated carbocycles. The SMILES string of the molecule is COC(=O)[C@@H](Cn1nnc(-c2ccc(Oc3ccc(Cl)cn3)cc2)n1)NC(=O)OC(C)(C)C. The molecule has 1 atom stereocenters. The lowest BCUT2D eigenvalue weighted by Crippen LogP contribution is -2.46. The first-order chi connectivity index (χ1) is 15.6. The number of hydrogen-bond acceptors (Lipinski definition) is 9. The zero-order chi connectivity index (χ0) is 24.0. The molecule has 0 saturated heterocycles. The third-order valence-electron chi connectivity index (χ3n) is 4.01. The number of tetrazole rings is 1. The van der Waals surface area contributed by atoms with E-state index < -0.39 is 23.7 Å². The van der Waals surface area contributed by atoms with E-state index in [1.807, 2.05) is 0 Å². The van der Waals surface area contributed by atoms with Gasteiger partial charge in [0.2, 0.25) is 11.7 Å². The van der Waals surface area contributed by atoms with Crippen molar-refractivity contribution >= 4 is 23.7 Å². The summed E-state index contributed by atoms with van der Waals surface area (Å²) in [4.78, 5) is 29.4. The molecule has 12 heteroatoms. The van der Waals surface area contributed by atoms with Crippen LogP contribution in [-0.4, -0.2) is 56.0 Å². The zero-order valence-corrected chi connectivity index (χ0v) is 19.2. The van der Waals surface area contributed by atoms with E-state index in [9.17, 15) is 9.59 Å². The minimum Gasteiger partial charge on any atom is -0.467 e. The van der Waals surface area contributed by atoms with E-state index in [0.29, 0.717) is 28.0 Å². The van der Waals surface area contributed by atoms with Gasteiger partial charge in [-0.25, -0.2) is 14.6 Å². The third kappa shape index (κ3) is 7.14. The van der Waals surface area contributed by atoms with Crippen LogP contribution in [0.5, 0.6) is 11.6 Å². The molecule has 11 nitrogen and oxygen atoms in total. The van der Waals surface area contributed by atoms with Crippen molar-refractivity contribution in [3.63, 3.8) is 0 Å². The molecule has 174 valence electrons. The maximum atomic E-state index is 12.1. The number of rotatable bonds is 7. The third-order valence-corrected chi connectivity index (χ3v) is 4.23. The summed E-state index contributed by atoms with van der Waals surface area (Å²) in [6.07, 6.45) is 0.733. The fraction of sp³-hybridized carbons (Fsp3) is 0.333. The molecule has 1 N–H and O–H groups in total. The van der Waals surface area contributed by atoms with E-state index >= 15 is 0 Å². The maximum absolute atomic E-state index is 12.1. The number of hydrogen-bond donors (Lipinski definition) is 1. The van der Waals surface area contributed by atoms with Crippen molar-refractivity contribution in [2.45, 2.75) is 39.0 Å². The number of halogens is 1. The molecule has 33 heavy (non-hydrogen) atoms. The van der Waals surface area contributed by atoms with Gasteiger partial charge in [0, 0.05) is 17.8 Å². The summed E-state index contributed by atoms with van der Waals surface area (Å²) in [5.41, 5.74) is -0.0458. The van der Waals surface area contributed by atoms with E-state index in [0.717, 1.165) is 0 Å². The fourth-order valence-corrected chi connectivity index (χ4v) is 2.70. The van der Waals surface area contributed by atoms with Gasteiger partial charge in [0.15, 0.2) is 6.04 Å². The molecule has 1 amide bonds. The van der Waals surface area contributed by atoms with Gasteiger partial charge < -0.3 is 19.5 Å². The molecule has 2 heterocycles. The molecule has 1 aromatic carbocycles. The largest absolute Gasteiger partial charge is 0.467 e. The number of alkyl carbamates (subject to hydrolysis) is 1. The minimum absolute atomic E-state index is 0.0949. The molecule has 3 rings (SSSR count). The molecule has 0 bridgehead atoms. The van der Waals surface area contributed by atoms with Crippen LogP contribution in [0, 0.1) is 0 Å². The Morgan fingerprint density at radius 2 is 1.88 bits per heavy atom. The molecule has 3 aromatic rings. The number of amides is 1. The number of carbonyl (C=O) groups is 2. The quantitative estimate of drug-likeness (QED) is 0.512. The first kappa shape index (κ1) is 23.9. The first-order valence-corrected chi connectivity index (χ1v) is 10.3. The Kier molecular flexibility index (Phi) is 7.44. The van der Waals surface area contributed by atoms with Gasteiger partial charge in [-0.3, -0.25) is 0 Å². The van der Waals surface area contributed by atoms with Gasteiger partial charge in [-0.1, -0.05) is 11.6 Å². The summed E-state index contributed by atoms with van der Waals surface area (Å²) >= 11 is 5.82. The second-order valence-electron chi connectivity index (χ2n) is 7.83. The monoisotopic (exact) mass is 474 g/mol. The van der Waals surface area contributed by atoms with E-state index in [1.54, 1.807) is 57.2 Å². The number of esters is 1. The second-order valence-corrected chi connectivity index (χ2v) is 8.27. The Morgan fingerprint density at radius 3 is 2.48 bits per heavy atom. The van der Waals surface area contributed by atoms with Gasteiger partial charge in [-0.2, -0.15) is 4.80 Å². The molecule has 0 radical (unpaired) electrons. The highest BCUT2D eigenvalue weighted by Crippen LogP contribution is 2.23. The highest BCUT2D eigenvalue weighted by Gasteiger charge is 2.26. The standard InChI is InChI=1S/C21H23ClN6O5/c1-21(2,3)33-20(30)24-16(19(29)31-4)12-28-26-18(25-27-28)13-5-8-15(9-6-13)32-17-10-7-14(22)11-23-17/h5-11,16H,12H2,1-4H3,(H,24,30)/t16-/m1/s1. The second kappa shape index (κ2) is 10.3. The smallest absolute Gasteiger partial charge is 0.408 e. The number of nitrogens with zero attached hydrogens (tertiary/aromatic N) is 5. The number of pyridine rings is 1. The van der Waals surface area contributed by atoms with Gasteiger partial charge >= 0.3 is 12.1 Å². The van der Waals surface area contributed by atoms with Crippen LogP contribution in [0.2, 0.25) is 5.02 Å². The topological polar surface area (TPSA) is 130 Å². The Hall–Kier alpha value is -3.73. The van der Waals surface area contributed by atoms with Gasteiger partial charge in [0.25, 0.3) is 0 Å². The highest BCUT2D eigenvalue weighted by molar-refractivity contribution is 6.30. The van der Waals surface area contributed by atoms with Crippen LogP contribution in [0.1, 0.15) is 20.8 Å². The van der Waals surface area contributed by atoms with Crippen LogP contribution in [-0.2, 0) is 20.8 Å². The summed E-state index contributed by atoms with van der Waals surface area (Å²) in [5, 5.41) is 15.2. The van der Waals surface area contributed by atoms with E-state index in [-0.39, 0.29) is 6.54 Å². The Labute approximate surface area is 195 Å². The summed E-state index contributed by atoms with van der Waals surface area (Å²) < 4.78 is 15.6. The lowest BCUT2D eigenvalue weighted by molar-refractivity contribution is -0.143. The lowest BCUT2D eigenvalue weighted by atomic mass is 10.2. The molecular formula is C21H23ClN6O5. The molecule has 2 aromatic heterocycles. The van der Waals surface area contributed by atoms with Crippen LogP contribution in [0.4, 0.5) is 4.79 Å². The average molecular weight is 475 g/mol. The van der Waals surface area contributed by atoms with Crippen LogP contribution in [0.15, 0.2) is 42.6 Å². The number of aromatic nitrogens is 5. The van der Waals surface area contributed by atoms with Gasteiger partial charge in [-0.15, -0.1) is 10.2 Å². The van der Waals surface area contributed by atoms with E-state index in [2.05, 4.69) is 25.7 Å². The van der Waals surface area contributed by atoms with Gasteiger partial charge in [0.05, 0.1) is 18.7 Å². The van der Waals surface area contributed by atoms with Crippen LogP contribution in [0.25, 0.3) is 11.4 Å². The Morgan fingerprint density at radius 1 is 1.15 bits per heavy atom. The molecule has 0 aliphatic rings. The summed E-state index contributed by atoms with van der Waals surface area (Å²) in [6, 6.07) is 9.25. The van der Waals surface area contributed by atoms with Crippen LogP contribution in [0.3, 0.4) is 0 Å². The zero-order valence-electron chi connectivity index (χ0n) is 18.5. The summed E-state index contributed by atoms with van der Waals surface area (Å²) in [6.45, 7) is 5.05. The van der Waals surface area contributed by atoms with Crippen LogP contribution >= 0.6 is 11.6 Å². The van der Waals surface area contributed by atoms with Crippen molar-refractivity contribution in [3.05, 3.63) is 47.6 Å². The molecule has 0 aliphatic heterocycles. The fourth-order valence-electron chi connectivity index (χ4n) is 2.59. The molecule has 0 unspecified atom stereocenters. The maximum Gasteiger partial charge on any atom is 0.408 e. The lowest BCUT2D eigenvalue weighted by Gasteiger charge is -2.22. The Bertz CT molecular complexity index is 1100. The van der Waals surface area contributed by atoms with Crippen molar-refractivity contribution in [1.29, 1.82) is 0 Å². The van der Waals surface area contributed by atoms with E-state index in [4.69, 9.17) is 25.8 Å². The van der Waals surface area contributed by atoms with Crippen molar-refractivity contribution in [2.75, 3.05) is 7.11 Å². The summed E-state index contributed by atoms with van der Waals surface area (Å²) in [5.74, 6) is 0.625. The van der Waals surface area contributed by atoms with Crippen molar-refractivity contribution in [2.24, 2.45) is 0 Å². The van der Waals surface area contributed by atoms with Crippen molar-refractivity contribution in [1.82, 2.24) is 30.5 Å². The first-order valence-electron chi connectivity index (χ1n) is 9.88. The van der Waals surface area contributed by atoms with Crippen LogP contribution < -0.4 is 10.1 Å². The van der Waals surface area contributed by atoms with Gasteiger partial charge in [0.1, 0.15) is 11.4 Å². The van der Waals surface area contributed by atoms with Crippen molar-refractivity contribution < 1.29 is 23.8 Å². The molecule has 0 aliphatic carbocycles. The highest BCUT2D eigenvalue weighted by atomic mass is 35.5. The number of benzene rings is 1. The number of nitrogens with one attached hydrogen (secondary N) is 1. The normalized spacial score (nSPS) is 12.0. The number of methoxy groups -OCH3 is 1. The average Bonchev–Trinajstić information content (AvgIpc) is 3.22. The number of carbonyl (C=O) groups excluding carboxylic acids is 2. The van der Waals surface area contributed by atoms with Gasteiger partial charge in [-0.05, 0) is 56.3 Å². The number of ether oxygens (including phenoxy) is 3. The Balaban J connectivity index is 1.66. The predicted octanol–water partition coefficient (Wildman–Crippen LogP) is 3.25. The predicted molar refractivity (Wildman–Crippen MR) is 118 cm³/mol. The summed E-state index contributed by atoms with van der Waals surface area (Å²) in [7, 11) is 1.22.